The molecule has 1 nitrogen and oxygen atoms in total. The van der Waals surface area contributed by atoms with Crippen molar-refractivity contribution in [2.24, 2.45) is 0 Å². The Morgan fingerprint density at radius 2 is 2.20 bits per heavy atom. The minimum absolute atomic E-state index is 0.938. The summed E-state index contributed by atoms with van der Waals surface area (Å²) in [6.45, 7) is 6.13. The van der Waals surface area contributed by atoms with Gasteiger partial charge >= 0.3 is 0 Å². The number of anilines is 1. The fraction of sp³-hybridized carbons (Fsp3) is 0.231. The molecule has 2 heteroatoms. The Kier molecular flexibility index (Phi) is 5.47. The van der Waals surface area contributed by atoms with Gasteiger partial charge in [0.2, 0.25) is 0 Å². The predicted molar refractivity (Wildman–Crippen MR) is 76.0 cm³/mol. The summed E-state index contributed by atoms with van der Waals surface area (Å²) in [5.74, 6) is 0. The van der Waals surface area contributed by atoms with Gasteiger partial charge in [-0.2, -0.15) is 0 Å². The van der Waals surface area contributed by atoms with E-state index in [1.807, 2.05) is 18.2 Å². The molecule has 80 valence electrons. The molecule has 0 aliphatic heterocycles. The van der Waals surface area contributed by atoms with Gasteiger partial charge in [-0.3, -0.25) is 0 Å². The van der Waals surface area contributed by atoms with E-state index >= 15 is 0 Å². The molecule has 0 spiro atoms. The topological polar surface area (TPSA) is 12.0 Å². The number of hydrogen-bond acceptors (Lipinski definition) is 1. The van der Waals surface area contributed by atoms with Crippen LogP contribution in [0.3, 0.4) is 0 Å². The zero-order chi connectivity index (χ0) is 11.1. The van der Waals surface area contributed by atoms with Gasteiger partial charge in [-0.15, -0.1) is 0 Å². The van der Waals surface area contributed by atoms with E-state index in [0.29, 0.717) is 0 Å². The smallest absolute Gasteiger partial charge is 0.0519 e. The van der Waals surface area contributed by atoms with Crippen molar-refractivity contribution in [1.29, 1.82) is 0 Å². The molecule has 0 amide bonds. The minimum atomic E-state index is 0.938. The third-order valence-electron chi connectivity index (χ3n) is 1.94. The van der Waals surface area contributed by atoms with E-state index in [1.165, 1.54) is 9.99 Å². The van der Waals surface area contributed by atoms with Crippen LogP contribution in [0.15, 0.2) is 48.7 Å². The number of allylic oxidation sites excluding steroid dienone is 2. The molecule has 1 N–H and O–H groups in total. The van der Waals surface area contributed by atoms with Crippen LogP contribution in [0, 0.1) is 3.57 Å². The standard InChI is InChI=1S/C13H16IN/c1-3-4-5-8-11(2)15-13-10-7-6-9-12(13)14/h5-10,15H,2-4H2,1H3/b8-5-. The second-order valence-corrected chi connectivity index (χ2v) is 4.48. The van der Waals surface area contributed by atoms with Crippen LogP contribution >= 0.6 is 22.6 Å². The van der Waals surface area contributed by atoms with Crippen LogP contribution in [0.25, 0.3) is 0 Å². The van der Waals surface area contributed by atoms with E-state index in [9.17, 15) is 0 Å². The summed E-state index contributed by atoms with van der Waals surface area (Å²) in [6.07, 6.45) is 6.46. The molecule has 0 aromatic heterocycles. The quantitative estimate of drug-likeness (QED) is 0.620. The molecule has 15 heavy (non-hydrogen) atoms. The highest BCUT2D eigenvalue weighted by atomic mass is 127. The highest BCUT2D eigenvalue weighted by molar-refractivity contribution is 14.1. The van der Waals surface area contributed by atoms with Crippen LogP contribution in [0.1, 0.15) is 19.8 Å². The van der Waals surface area contributed by atoms with Gasteiger partial charge in [0.05, 0.1) is 5.69 Å². The average molecular weight is 313 g/mol. The van der Waals surface area contributed by atoms with Gasteiger partial charge in [0.15, 0.2) is 0 Å². The SMILES string of the molecule is C=C(/C=C\CCC)Nc1ccccc1I. The Morgan fingerprint density at radius 3 is 2.87 bits per heavy atom. The first-order valence-electron chi connectivity index (χ1n) is 5.11. The molecular formula is C13H16IN. The Balaban J connectivity index is 2.55. The van der Waals surface area contributed by atoms with Crippen molar-refractivity contribution in [1.82, 2.24) is 0 Å². The molecule has 0 unspecified atom stereocenters. The van der Waals surface area contributed by atoms with Crippen molar-refractivity contribution in [3.63, 3.8) is 0 Å². The summed E-state index contributed by atoms with van der Waals surface area (Å²) >= 11 is 2.31. The number of para-hydroxylation sites is 1. The summed E-state index contributed by atoms with van der Waals surface area (Å²) < 4.78 is 1.21. The number of hydrogen-bond donors (Lipinski definition) is 1. The van der Waals surface area contributed by atoms with E-state index in [2.05, 4.69) is 59.6 Å². The zero-order valence-electron chi connectivity index (χ0n) is 8.96. The summed E-state index contributed by atoms with van der Waals surface area (Å²) in [5.41, 5.74) is 2.05. The minimum Gasteiger partial charge on any atom is -0.355 e. The number of rotatable bonds is 5. The van der Waals surface area contributed by atoms with Gasteiger partial charge in [-0.25, -0.2) is 0 Å². The van der Waals surface area contributed by atoms with Crippen LogP contribution in [-0.4, -0.2) is 0 Å². The van der Waals surface area contributed by atoms with Crippen LogP contribution < -0.4 is 5.32 Å². The maximum absolute atomic E-state index is 3.96. The molecule has 0 aliphatic carbocycles. The third-order valence-corrected chi connectivity index (χ3v) is 2.88. The largest absolute Gasteiger partial charge is 0.355 e. The molecule has 1 aromatic carbocycles. The summed E-state index contributed by atoms with van der Waals surface area (Å²) in [5, 5.41) is 3.28. The lowest BCUT2D eigenvalue weighted by molar-refractivity contribution is 0.958. The van der Waals surface area contributed by atoms with Crippen LogP contribution in [0.4, 0.5) is 5.69 Å². The Morgan fingerprint density at radius 1 is 1.47 bits per heavy atom. The number of benzene rings is 1. The maximum atomic E-state index is 3.96. The molecule has 1 rings (SSSR count). The van der Waals surface area contributed by atoms with Crippen molar-refractivity contribution < 1.29 is 0 Å². The van der Waals surface area contributed by atoms with Crippen molar-refractivity contribution in [3.8, 4) is 0 Å². The lowest BCUT2D eigenvalue weighted by atomic mass is 10.2. The summed E-state index contributed by atoms with van der Waals surface area (Å²) in [7, 11) is 0. The fourth-order valence-electron chi connectivity index (χ4n) is 1.17. The van der Waals surface area contributed by atoms with Gasteiger partial charge in [0, 0.05) is 9.27 Å². The van der Waals surface area contributed by atoms with Crippen molar-refractivity contribution in [2.45, 2.75) is 19.8 Å². The van der Waals surface area contributed by atoms with E-state index in [0.717, 1.165) is 17.8 Å². The lowest BCUT2D eigenvalue weighted by Gasteiger charge is -2.07. The lowest BCUT2D eigenvalue weighted by Crippen LogP contribution is -1.96. The summed E-state index contributed by atoms with van der Waals surface area (Å²) in [4.78, 5) is 0. The molecule has 0 fully saturated rings. The monoisotopic (exact) mass is 313 g/mol. The van der Waals surface area contributed by atoms with Crippen molar-refractivity contribution >= 4 is 28.3 Å². The highest BCUT2D eigenvalue weighted by Gasteiger charge is 1.96. The van der Waals surface area contributed by atoms with Crippen LogP contribution in [-0.2, 0) is 0 Å². The van der Waals surface area contributed by atoms with E-state index in [4.69, 9.17) is 0 Å². The number of unbranched alkanes of at least 4 members (excludes halogenated alkanes) is 1. The molecule has 0 saturated carbocycles. The molecule has 0 heterocycles. The van der Waals surface area contributed by atoms with Gasteiger partial charge in [-0.1, -0.05) is 38.1 Å². The Labute approximate surface area is 105 Å². The second-order valence-electron chi connectivity index (χ2n) is 3.32. The first-order valence-corrected chi connectivity index (χ1v) is 6.19. The molecule has 0 radical (unpaired) electrons. The first-order chi connectivity index (χ1) is 7.24. The van der Waals surface area contributed by atoms with Gasteiger partial charge in [-0.05, 0) is 47.2 Å². The highest BCUT2D eigenvalue weighted by Crippen LogP contribution is 2.18. The normalized spacial score (nSPS) is 10.5. The average Bonchev–Trinajstić information content (AvgIpc) is 2.22. The van der Waals surface area contributed by atoms with E-state index < -0.39 is 0 Å². The number of nitrogens with one attached hydrogen (secondary N) is 1. The first kappa shape index (κ1) is 12.3. The van der Waals surface area contributed by atoms with E-state index in [-0.39, 0.29) is 0 Å². The molecule has 1 aromatic rings. The molecule has 0 aliphatic rings. The molecular weight excluding hydrogens is 297 g/mol. The van der Waals surface area contributed by atoms with Crippen molar-refractivity contribution in [2.75, 3.05) is 5.32 Å². The van der Waals surface area contributed by atoms with Crippen molar-refractivity contribution in [3.05, 3.63) is 52.3 Å². The molecule has 0 atom stereocenters. The van der Waals surface area contributed by atoms with E-state index in [1.54, 1.807) is 0 Å². The zero-order valence-corrected chi connectivity index (χ0v) is 11.1. The van der Waals surface area contributed by atoms with Crippen LogP contribution in [0.5, 0.6) is 0 Å². The van der Waals surface area contributed by atoms with Gasteiger partial charge < -0.3 is 5.32 Å². The molecule has 0 bridgehead atoms. The third kappa shape index (κ3) is 4.51. The Hall–Kier alpha value is -0.770. The summed E-state index contributed by atoms with van der Waals surface area (Å²) in [6, 6.07) is 8.18. The second kappa shape index (κ2) is 6.67. The fourth-order valence-corrected chi connectivity index (χ4v) is 1.69. The van der Waals surface area contributed by atoms with Crippen LogP contribution in [0.2, 0.25) is 0 Å². The van der Waals surface area contributed by atoms with Gasteiger partial charge in [0.1, 0.15) is 0 Å². The predicted octanol–water partition coefficient (Wildman–Crippen LogP) is 4.57. The maximum Gasteiger partial charge on any atom is 0.0519 e. The number of halogens is 1. The Bertz CT molecular complexity index is 355. The molecule has 0 saturated heterocycles. The van der Waals surface area contributed by atoms with Gasteiger partial charge in [0.25, 0.3) is 0 Å².